The molecule has 3 rings (SSSR count). The second kappa shape index (κ2) is 8.12. The zero-order chi connectivity index (χ0) is 16.8. The standard InChI is InChI=1S/C17H22N2O5/c20-17(21)16(23-14-4-2-1-3-5-14)15-10-12(19-24-15)11-22-13-6-8-18-9-7-13/h1-5,13,15-16,18H,6-11H2,(H,20,21). The van der Waals surface area contributed by atoms with Gasteiger partial charge >= 0.3 is 5.97 Å². The van der Waals surface area contributed by atoms with Crippen LogP contribution in [0.2, 0.25) is 0 Å². The molecule has 2 aliphatic heterocycles. The number of aliphatic carboxylic acids is 1. The summed E-state index contributed by atoms with van der Waals surface area (Å²) in [5.74, 6) is -0.576. The first-order valence-electron chi connectivity index (χ1n) is 8.21. The fourth-order valence-electron chi connectivity index (χ4n) is 2.80. The van der Waals surface area contributed by atoms with Crippen molar-refractivity contribution in [3.63, 3.8) is 0 Å². The largest absolute Gasteiger partial charge is 0.478 e. The lowest BCUT2D eigenvalue weighted by Gasteiger charge is -2.22. The molecule has 1 aromatic carbocycles. The Balaban J connectivity index is 1.50. The van der Waals surface area contributed by atoms with Crippen LogP contribution in [0, 0.1) is 0 Å². The lowest BCUT2D eigenvalue weighted by molar-refractivity contribution is -0.151. The Labute approximate surface area is 140 Å². The van der Waals surface area contributed by atoms with Crippen molar-refractivity contribution in [2.75, 3.05) is 19.7 Å². The molecule has 2 aliphatic rings. The molecule has 1 fully saturated rings. The van der Waals surface area contributed by atoms with E-state index < -0.39 is 18.2 Å². The first-order chi connectivity index (χ1) is 11.7. The van der Waals surface area contributed by atoms with E-state index in [2.05, 4.69) is 10.5 Å². The van der Waals surface area contributed by atoms with E-state index in [1.165, 1.54) is 0 Å². The van der Waals surface area contributed by atoms with Crippen molar-refractivity contribution < 1.29 is 24.2 Å². The molecule has 0 bridgehead atoms. The fourth-order valence-corrected chi connectivity index (χ4v) is 2.80. The van der Waals surface area contributed by atoms with E-state index in [1.54, 1.807) is 24.3 Å². The maximum Gasteiger partial charge on any atom is 0.348 e. The topological polar surface area (TPSA) is 89.4 Å². The molecule has 0 radical (unpaired) electrons. The van der Waals surface area contributed by atoms with E-state index in [0.717, 1.165) is 31.6 Å². The lowest BCUT2D eigenvalue weighted by Crippen LogP contribution is -2.39. The number of carboxylic acid groups (broad SMARTS) is 1. The van der Waals surface area contributed by atoms with Gasteiger partial charge in [0, 0.05) is 6.42 Å². The molecule has 0 spiro atoms. The molecule has 7 nitrogen and oxygen atoms in total. The average molecular weight is 334 g/mol. The summed E-state index contributed by atoms with van der Waals surface area (Å²) in [5.41, 5.74) is 0.724. The molecule has 0 aliphatic carbocycles. The highest BCUT2D eigenvalue weighted by atomic mass is 16.7. The monoisotopic (exact) mass is 334 g/mol. The highest BCUT2D eigenvalue weighted by Crippen LogP contribution is 2.21. The molecule has 0 amide bonds. The summed E-state index contributed by atoms with van der Waals surface area (Å²) < 4.78 is 11.4. The number of carbonyl (C=O) groups is 1. The van der Waals surface area contributed by atoms with Gasteiger partial charge in [0.25, 0.3) is 0 Å². The van der Waals surface area contributed by atoms with Crippen LogP contribution < -0.4 is 10.1 Å². The Morgan fingerprint density at radius 1 is 1.33 bits per heavy atom. The molecule has 0 saturated carbocycles. The first kappa shape index (κ1) is 16.7. The molecule has 1 aromatic rings. The average Bonchev–Trinajstić information content (AvgIpc) is 3.08. The number of piperidine rings is 1. The normalized spacial score (nSPS) is 22.5. The van der Waals surface area contributed by atoms with Crippen LogP contribution in [-0.4, -0.2) is 54.8 Å². The predicted molar refractivity (Wildman–Crippen MR) is 87.3 cm³/mol. The zero-order valence-corrected chi connectivity index (χ0v) is 13.4. The third kappa shape index (κ3) is 4.46. The highest BCUT2D eigenvalue weighted by molar-refractivity contribution is 5.87. The van der Waals surface area contributed by atoms with Crippen LogP contribution in [0.1, 0.15) is 19.3 Å². The van der Waals surface area contributed by atoms with E-state index >= 15 is 0 Å². The van der Waals surface area contributed by atoms with Crippen molar-refractivity contribution in [1.82, 2.24) is 5.32 Å². The van der Waals surface area contributed by atoms with Crippen LogP contribution in [0.15, 0.2) is 35.5 Å². The van der Waals surface area contributed by atoms with E-state index in [0.29, 0.717) is 18.8 Å². The van der Waals surface area contributed by atoms with Crippen molar-refractivity contribution in [3.05, 3.63) is 30.3 Å². The van der Waals surface area contributed by atoms with Crippen molar-refractivity contribution in [1.29, 1.82) is 0 Å². The van der Waals surface area contributed by atoms with Gasteiger partial charge in [0.2, 0.25) is 6.10 Å². The summed E-state index contributed by atoms with van der Waals surface area (Å²) in [4.78, 5) is 16.8. The van der Waals surface area contributed by atoms with Crippen LogP contribution in [0.5, 0.6) is 5.75 Å². The van der Waals surface area contributed by atoms with Gasteiger partial charge in [-0.25, -0.2) is 4.79 Å². The minimum absolute atomic E-state index is 0.226. The smallest absolute Gasteiger partial charge is 0.348 e. The number of rotatable bonds is 7. The molecule has 7 heteroatoms. The van der Waals surface area contributed by atoms with Gasteiger partial charge in [0.05, 0.1) is 18.4 Å². The number of oxime groups is 1. The van der Waals surface area contributed by atoms with E-state index in [4.69, 9.17) is 14.3 Å². The molecular formula is C17H22N2O5. The van der Waals surface area contributed by atoms with Gasteiger partial charge < -0.3 is 24.7 Å². The van der Waals surface area contributed by atoms with Crippen LogP contribution in [0.4, 0.5) is 0 Å². The van der Waals surface area contributed by atoms with Gasteiger partial charge in [-0.3, -0.25) is 0 Å². The summed E-state index contributed by atoms with van der Waals surface area (Å²) in [6, 6.07) is 8.85. The molecule has 24 heavy (non-hydrogen) atoms. The lowest BCUT2D eigenvalue weighted by atomic mass is 10.1. The maximum absolute atomic E-state index is 11.5. The van der Waals surface area contributed by atoms with Crippen LogP contribution >= 0.6 is 0 Å². The Morgan fingerprint density at radius 3 is 2.79 bits per heavy atom. The minimum Gasteiger partial charge on any atom is -0.478 e. The van der Waals surface area contributed by atoms with Crippen molar-refractivity contribution in [2.45, 2.75) is 37.6 Å². The molecule has 130 valence electrons. The number of nitrogens with zero attached hydrogens (tertiary/aromatic N) is 1. The predicted octanol–water partition coefficient (Wildman–Crippen LogP) is 1.43. The molecule has 0 aromatic heterocycles. The van der Waals surface area contributed by atoms with Crippen molar-refractivity contribution >= 4 is 11.7 Å². The fraction of sp³-hybridized carbons (Fsp3) is 0.529. The highest BCUT2D eigenvalue weighted by Gasteiger charge is 2.37. The quantitative estimate of drug-likeness (QED) is 0.784. The summed E-state index contributed by atoms with van der Waals surface area (Å²) in [5, 5.41) is 16.7. The van der Waals surface area contributed by atoms with Crippen LogP contribution in [0.3, 0.4) is 0 Å². The number of benzene rings is 1. The maximum atomic E-state index is 11.5. The number of para-hydroxylation sites is 1. The molecule has 2 heterocycles. The minimum atomic E-state index is -1.10. The molecule has 2 unspecified atom stereocenters. The summed E-state index contributed by atoms with van der Waals surface area (Å²) >= 11 is 0. The number of ether oxygens (including phenoxy) is 2. The number of hydrogen-bond acceptors (Lipinski definition) is 6. The number of carboxylic acids is 1. The van der Waals surface area contributed by atoms with E-state index in [1.807, 2.05) is 6.07 Å². The second-order valence-electron chi connectivity index (χ2n) is 5.96. The van der Waals surface area contributed by atoms with Crippen molar-refractivity contribution in [2.24, 2.45) is 5.16 Å². The van der Waals surface area contributed by atoms with E-state index in [9.17, 15) is 9.90 Å². The van der Waals surface area contributed by atoms with Crippen LogP contribution in [-0.2, 0) is 14.4 Å². The van der Waals surface area contributed by atoms with Gasteiger partial charge in [0.1, 0.15) is 5.75 Å². The molecule has 2 N–H and O–H groups in total. The van der Waals surface area contributed by atoms with Gasteiger partial charge in [-0.05, 0) is 38.1 Å². The summed E-state index contributed by atoms with van der Waals surface area (Å²) in [6.45, 7) is 2.30. The Morgan fingerprint density at radius 2 is 2.08 bits per heavy atom. The van der Waals surface area contributed by atoms with Crippen molar-refractivity contribution in [3.8, 4) is 5.75 Å². The molecular weight excluding hydrogens is 312 g/mol. The molecule has 2 atom stereocenters. The molecule has 1 saturated heterocycles. The third-order valence-corrected chi connectivity index (χ3v) is 4.11. The number of hydrogen-bond donors (Lipinski definition) is 2. The van der Waals surface area contributed by atoms with Gasteiger partial charge in [-0.15, -0.1) is 0 Å². The third-order valence-electron chi connectivity index (χ3n) is 4.11. The van der Waals surface area contributed by atoms with E-state index in [-0.39, 0.29) is 6.10 Å². The van der Waals surface area contributed by atoms with Gasteiger partial charge in [-0.2, -0.15) is 0 Å². The Kier molecular flexibility index (Phi) is 5.66. The second-order valence-corrected chi connectivity index (χ2v) is 5.96. The Hall–Kier alpha value is -2.12. The Bertz CT molecular complexity index is 572. The van der Waals surface area contributed by atoms with Gasteiger partial charge in [-0.1, -0.05) is 23.4 Å². The SMILES string of the molecule is O=C(O)C(Oc1ccccc1)C1CC(COC2CCNCC2)=NO1. The zero-order valence-electron chi connectivity index (χ0n) is 13.4. The summed E-state index contributed by atoms with van der Waals surface area (Å²) in [6.07, 6.45) is 0.832. The number of nitrogens with one attached hydrogen (secondary N) is 1. The first-order valence-corrected chi connectivity index (χ1v) is 8.21. The summed E-state index contributed by atoms with van der Waals surface area (Å²) in [7, 11) is 0. The van der Waals surface area contributed by atoms with Gasteiger partial charge in [0.15, 0.2) is 6.10 Å². The van der Waals surface area contributed by atoms with Crippen LogP contribution in [0.25, 0.3) is 0 Å².